The number of nitrogens with zero attached hydrogens (tertiary/aromatic N) is 2. The Hall–Kier alpha value is -2.17. The third-order valence-corrected chi connectivity index (χ3v) is 4.51. The first-order valence-electron chi connectivity index (χ1n) is 7.79. The second kappa shape index (κ2) is 6.98. The molecule has 1 aromatic carbocycles. The number of benzene rings is 1. The summed E-state index contributed by atoms with van der Waals surface area (Å²) >= 11 is 0. The standard InChI is InChI=1S/C15H20N4O5S/c1-10-17-13-7-11(3-4-14(13)24-10)18-15(20)19-5-6-23-9-12(19)8-16-25(2,21)22/h3-4,7,12,16H,5-6,8-9H2,1-2H3,(H,18,20). The lowest BCUT2D eigenvalue weighted by Gasteiger charge is -2.35. The highest BCUT2D eigenvalue weighted by Gasteiger charge is 2.28. The molecule has 0 spiro atoms. The molecule has 0 bridgehead atoms. The first kappa shape index (κ1) is 17.6. The molecule has 0 aliphatic carbocycles. The van der Waals surface area contributed by atoms with Crippen LogP contribution in [0.15, 0.2) is 22.6 Å². The van der Waals surface area contributed by atoms with E-state index in [0.29, 0.717) is 35.8 Å². The summed E-state index contributed by atoms with van der Waals surface area (Å²) in [5.74, 6) is 0.554. The highest BCUT2D eigenvalue weighted by molar-refractivity contribution is 7.88. The third kappa shape index (κ3) is 4.47. The molecule has 2 heterocycles. The van der Waals surface area contributed by atoms with Gasteiger partial charge in [0.2, 0.25) is 10.0 Å². The lowest BCUT2D eigenvalue weighted by Crippen LogP contribution is -2.54. The number of carbonyl (C=O) groups is 1. The average Bonchev–Trinajstić information content (AvgIpc) is 2.92. The van der Waals surface area contributed by atoms with Gasteiger partial charge in [-0.05, 0) is 18.2 Å². The Morgan fingerprint density at radius 1 is 1.44 bits per heavy atom. The minimum absolute atomic E-state index is 0.105. The first-order valence-corrected chi connectivity index (χ1v) is 9.68. The summed E-state index contributed by atoms with van der Waals surface area (Å²) in [6.45, 7) is 2.92. The number of sulfonamides is 1. The highest BCUT2D eigenvalue weighted by Crippen LogP contribution is 2.20. The van der Waals surface area contributed by atoms with E-state index in [9.17, 15) is 13.2 Å². The Bertz CT molecular complexity index is 879. The van der Waals surface area contributed by atoms with Crippen LogP contribution in [0.1, 0.15) is 5.89 Å². The van der Waals surface area contributed by atoms with Crippen LogP contribution in [0.2, 0.25) is 0 Å². The van der Waals surface area contributed by atoms with E-state index in [2.05, 4.69) is 15.0 Å². The van der Waals surface area contributed by atoms with E-state index in [0.717, 1.165) is 6.26 Å². The lowest BCUT2D eigenvalue weighted by atomic mass is 10.2. The molecule has 1 unspecified atom stereocenters. The van der Waals surface area contributed by atoms with Crippen molar-refractivity contribution in [3.05, 3.63) is 24.1 Å². The number of aromatic nitrogens is 1. The first-order chi connectivity index (χ1) is 11.8. The van der Waals surface area contributed by atoms with Crippen molar-refractivity contribution < 1.29 is 22.4 Å². The van der Waals surface area contributed by atoms with E-state index >= 15 is 0 Å². The topological polar surface area (TPSA) is 114 Å². The largest absolute Gasteiger partial charge is 0.441 e. The van der Waals surface area contributed by atoms with Gasteiger partial charge in [-0.15, -0.1) is 0 Å². The van der Waals surface area contributed by atoms with E-state index in [4.69, 9.17) is 9.15 Å². The van der Waals surface area contributed by atoms with Crippen molar-refractivity contribution >= 4 is 32.8 Å². The number of amides is 2. The summed E-state index contributed by atoms with van der Waals surface area (Å²) in [7, 11) is -3.34. The smallest absolute Gasteiger partial charge is 0.322 e. The summed E-state index contributed by atoms with van der Waals surface area (Å²) < 4.78 is 35.7. The van der Waals surface area contributed by atoms with Crippen LogP contribution in [0, 0.1) is 6.92 Å². The van der Waals surface area contributed by atoms with E-state index in [1.165, 1.54) is 0 Å². The zero-order chi connectivity index (χ0) is 18.0. The predicted molar refractivity (Wildman–Crippen MR) is 91.9 cm³/mol. The fourth-order valence-electron chi connectivity index (χ4n) is 2.65. The quantitative estimate of drug-likeness (QED) is 0.829. The van der Waals surface area contributed by atoms with Gasteiger partial charge < -0.3 is 19.4 Å². The molecule has 1 aliphatic heterocycles. The van der Waals surface area contributed by atoms with Crippen LogP contribution in [-0.2, 0) is 14.8 Å². The van der Waals surface area contributed by atoms with Gasteiger partial charge in [-0.1, -0.05) is 0 Å². The fourth-order valence-corrected chi connectivity index (χ4v) is 3.15. The van der Waals surface area contributed by atoms with Crippen molar-refractivity contribution in [2.75, 3.05) is 37.9 Å². The molecule has 2 amide bonds. The van der Waals surface area contributed by atoms with Gasteiger partial charge in [-0.25, -0.2) is 22.9 Å². The number of hydrogen-bond donors (Lipinski definition) is 2. The Morgan fingerprint density at radius 2 is 2.24 bits per heavy atom. The molecule has 136 valence electrons. The number of anilines is 1. The summed E-state index contributed by atoms with van der Waals surface area (Å²) in [6, 6.07) is 4.51. The molecular formula is C15H20N4O5S. The molecule has 2 N–H and O–H groups in total. The van der Waals surface area contributed by atoms with Gasteiger partial charge >= 0.3 is 6.03 Å². The summed E-state index contributed by atoms with van der Waals surface area (Å²) in [4.78, 5) is 18.4. The van der Waals surface area contributed by atoms with Gasteiger partial charge in [-0.3, -0.25) is 0 Å². The Balaban J connectivity index is 1.70. The molecule has 1 aliphatic rings. The SMILES string of the molecule is Cc1nc2cc(NC(=O)N3CCOCC3CNS(C)(=O)=O)ccc2o1. The third-order valence-electron chi connectivity index (χ3n) is 3.82. The molecule has 0 radical (unpaired) electrons. The number of carbonyl (C=O) groups excluding carboxylic acids is 1. The van der Waals surface area contributed by atoms with E-state index < -0.39 is 10.0 Å². The second-order valence-electron chi connectivity index (χ2n) is 5.89. The van der Waals surface area contributed by atoms with Gasteiger partial charge in [0.05, 0.1) is 25.5 Å². The molecule has 1 atom stereocenters. The van der Waals surface area contributed by atoms with Crippen LogP contribution < -0.4 is 10.0 Å². The summed E-state index contributed by atoms with van der Waals surface area (Å²) in [5, 5.41) is 2.81. The minimum atomic E-state index is -3.34. The van der Waals surface area contributed by atoms with Gasteiger partial charge in [-0.2, -0.15) is 0 Å². The zero-order valence-electron chi connectivity index (χ0n) is 14.0. The van der Waals surface area contributed by atoms with E-state index in [-0.39, 0.29) is 25.2 Å². The molecule has 3 rings (SSSR count). The van der Waals surface area contributed by atoms with Crippen LogP contribution in [0.5, 0.6) is 0 Å². The fraction of sp³-hybridized carbons (Fsp3) is 0.467. The maximum Gasteiger partial charge on any atom is 0.322 e. The van der Waals surface area contributed by atoms with Crippen LogP contribution in [0.25, 0.3) is 11.1 Å². The van der Waals surface area contributed by atoms with E-state index in [1.807, 2.05) is 0 Å². The molecule has 1 aromatic heterocycles. The number of nitrogens with one attached hydrogen (secondary N) is 2. The highest BCUT2D eigenvalue weighted by atomic mass is 32.2. The number of ether oxygens (including phenoxy) is 1. The van der Waals surface area contributed by atoms with Crippen molar-refractivity contribution in [3.63, 3.8) is 0 Å². The number of rotatable bonds is 4. The lowest BCUT2D eigenvalue weighted by molar-refractivity contribution is 0.0176. The number of aryl methyl sites for hydroxylation is 1. The van der Waals surface area contributed by atoms with Gasteiger partial charge in [0.25, 0.3) is 0 Å². The zero-order valence-corrected chi connectivity index (χ0v) is 14.8. The summed E-state index contributed by atoms with van der Waals surface area (Å²) in [5.41, 5.74) is 1.90. The van der Waals surface area contributed by atoms with Crippen molar-refractivity contribution in [1.82, 2.24) is 14.6 Å². The number of fused-ring (bicyclic) bond motifs is 1. The molecule has 1 fully saturated rings. The molecule has 25 heavy (non-hydrogen) atoms. The van der Waals surface area contributed by atoms with E-state index in [1.54, 1.807) is 30.0 Å². The second-order valence-corrected chi connectivity index (χ2v) is 7.72. The van der Waals surface area contributed by atoms with Crippen LogP contribution >= 0.6 is 0 Å². The monoisotopic (exact) mass is 368 g/mol. The number of hydrogen-bond acceptors (Lipinski definition) is 6. The molecule has 1 saturated heterocycles. The van der Waals surface area contributed by atoms with Crippen molar-refractivity contribution in [2.45, 2.75) is 13.0 Å². The van der Waals surface area contributed by atoms with Gasteiger partial charge in [0, 0.05) is 25.7 Å². The average molecular weight is 368 g/mol. The number of oxazole rings is 1. The molecule has 10 heteroatoms. The number of urea groups is 1. The van der Waals surface area contributed by atoms with Crippen LogP contribution in [-0.4, -0.2) is 62.9 Å². The van der Waals surface area contributed by atoms with Gasteiger partial charge in [0.15, 0.2) is 11.5 Å². The predicted octanol–water partition coefficient (Wildman–Crippen LogP) is 0.918. The maximum absolute atomic E-state index is 12.6. The molecule has 0 saturated carbocycles. The minimum Gasteiger partial charge on any atom is -0.441 e. The molecule has 2 aromatic rings. The van der Waals surface area contributed by atoms with Crippen LogP contribution in [0.3, 0.4) is 0 Å². The van der Waals surface area contributed by atoms with Gasteiger partial charge in [0.1, 0.15) is 5.52 Å². The maximum atomic E-state index is 12.6. The molecule has 9 nitrogen and oxygen atoms in total. The van der Waals surface area contributed by atoms with Crippen LogP contribution in [0.4, 0.5) is 10.5 Å². The normalized spacial score (nSPS) is 18.5. The van der Waals surface area contributed by atoms with Crippen molar-refractivity contribution in [3.8, 4) is 0 Å². The number of morpholine rings is 1. The Morgan fingerprint density at radius 3 is 3.00 bits per heavy atom. The molecular weight excluding hydrogens is 348 g/mol. The summed E-state index contributed by atoms with van der Waals surface area (Å²) in [6.07, 6.45) is 1.08. The Labute approximate surface area is 145 Å². The van der Waals surface area contributed by atoms with Crippen molar-refractivity contribution in [1.29, 1.82) is 0 Å². The van der Waals surface area contributed by atoms with Crippen molar-refractivity contribution in [2.24, 2.45) is 0 Å². The Kier molecular flexibility index (Phi) is 4.93.